The maximum atomic E-state index is 11.2. The number of aliphatic carboxylic acids is 1. The van der Waals surface area contributed by atoms with Gasteiger partial charge in [0.25, 0.3) is 0 Å². The summed E-state index contributed by atoms with van der Waals surface area (Å²) in [5.74, 6) is -0.917. The minimum absolute atomic E-state index is 0.514. The standard InChI is InChI=1S/C14H15BrN2O2/c1-3-11(14(18)19)13-16-8(2)12(17-13)9-5-4-6-10(15)7-9/h4-7,11H,3H2,1-2H3,(H,16,17)(H,18,19). The average Bonchev–Trinajstić information content (AvgIpc) is 2.71. The van der Waals surface area contributed by atoms with E-state index in [1.54, 1.807) is 0 Å². The molecule has 0 aliphatic heterocycles. The lowest BCUT2D eigenvalue weighted by molar-refractivity contribution is -0.139. The van der Waals surface area contributed by atoms with Crippen molar-refractivity contribution < 1.29 is 9.90 Å². The van der Waals surface area contributed by atoms with Crippen LogP contribution in [0.1, 0.15) is 30.8 Å². The SMILES string of the molecule is CCC(C(=O)O)c1nc(-c2cccc(Br)c2)c(C)[nH]1. The van der Waals surface area contributed by atoms with Gasteiger partial charge in [-0.05, 0) is 25.5 Å². The highest BCUT2D eigenvalue weighted by atomic mass is 79.9. The van der Waals surface area contributed by atoms with Gasteiger partial charge in [0.1, 0.15) is 11.7 Å². The molecule has 1 aromatic carbocycles. The maximum absolute atomic E-state index is 11.2. The number of carboxylic acid groups (broad SMARTS) is 1. The second kappa shape index (κ2) is 5.57. The number of H-pyrrole nitrogens is 1. The molecule has 2 aromatic rings. The number of halogens is 1. The minimum atomic E-state index is -0.850. The molecule has 2 N–H and O–H groups in total. The molecule has 5 heteroatoms. The van der Waals surface area contributed by atoms with E-state index in [9.17, 15) is 9.90 Å². The Labute approximate surface area is 120 Å². The summed E-state index contributed by atoms with van der Waals surface area (Å²) in [4.78, 5) is 18.7. The van der Waals surface area contributed by atoms with E-state index in [2.05, 4.69) is 25.9 Å². The molecule has 0 amide bonds. The largest absolute Gasteiger partial charge is 0.481 e. The topological polar surface area (TPSA) is 66.0 Å². The van der Waals surface area contributed by atoms with E-state index in [-0.39, 0.29) is 0 Å². The lowest BCUT2D eigenvalue weighted by Crippen LogP contribution is -2.12. The first-order chi connectivity index (χ1) is 9.02. The zero-order valence-corrected chi connectivity index (χ0v) is 12.4. The summed E-state index contributed by atoms with van der Waals surface area (Å²) in [7, 11) is 0. The molecule has 0 fully saturated rings. The molecule has 0 spiro atoms. The molecule has 0 saturated heterocycles. The Morgan fingerprint density at radius 2 is 2.26 bits per heavy atom. The Balaban J connectivity index is 2.44. The number of nitrogens with zero attached hydrogens (tertiary/aromatic N) is 1. The molecule has 0 radical (unpaired) electrons. The monoisotopic (exact) mass is 322 g/mol. The predicted molar refractivity (Wildman–Crippen MR) is 77.1 cm³/mol. The van der Waals surface area contributed by atoms with Gasteiger partial charge in [-0.25, -0.2) is 4.98 Å². The molecular weight excluding hydrogens is 308 g/mol. The highest BCUT2D eigenvalue weighted by Gasteiger charge is 2.22. The number of benzene rings is 1. The van der Waals surface area contributed by atoms with Crippen LogP contribution < -0.4 is 0 Å². The van der Waals surface area contributed by atoms with Crippen LogP contribution in [0, 0.1) is 6.92 Å². The van der Waals surface area contributed by atoms with Gasteiger partial charge >= 0.3 is 5.97 Å². The van der Waals surface area contributed by atoms with E-state index in [0.717, 1.165) is 21.4 Å². The summed E-state index contributed by atoms with van der Waals surface area (Å²) in [6.07, 6.45) is 0.514. The van der Waals surface area contributed by atoms with Crippen molar-refractivity contribution in [3.63, 3.8) is 0 Å². The van der Waals surface area contributed by atoms with E-state index in [1.165, 1.54) is 0 Å². The number of imidazole rings is 1. The Morgan fingerprint density at radius 1 is 1.53 bits per heavy atom. The predicted octanol–water partition coefficient (Wildman–Crippen LogP) is 3.73. The second-order valence-corrected chi connectivity index (χ2v) is 5.32. The molecule has 100 valence electrons. The zero-order valence-electron chi connectivity index (χ0n) is 10.8. The molecule has 1 atom stereocenters. The van der Waals surface area contributed by atoms with Gasteiger partial charge < -0.3 is 10.1 Å². The first-order valence-electron chi connectivity index (χ1n) is 6.08. The highest BCUT2D eigenvalue weighted by molar-refractivity contribution is 9.10. The molecule has 1 heterocycles. The third-order valence-corrected chi connectivity index (χ3v) is 3.53. The third kappa shape index (κ3) is 2.87. The Hall–Kier alpha value is -1.62. The number of nitrogens with one attached hydrogen (secondary N) is 1. The molecule has 2 rings (SSSR count). The van der Waals surface area contributed by atoms with Gasteiger partial charge in [0.2, 0.25) is 0 Å². The quantitative estimate of drug-likeness (QED) is 0.901. The van der Waals surface area contributed by atoms with Gasteiger partial charge in [-0.15, -0.1) is 0 Å². The van der Waals surface area contributed by atoms with Crippen LogP contribution in [0.4, 0.5) is 0 Å². The van der Waals surface area contributed by atoms with Gasteiger partial charge in [-0.3, -0.25) is 4.79 Å². The summed E-state index contributed by atoms with van der Waals surface area (Å²) < 4.78 is 0.972. The van der Waals surface area contributed by atoms with Crippen molar-refractivity contribution in [1.29, 1.82) is 0 Å². The van der Waals surface area contributed by atoms with Crippen LogP contribution in [0.2, 0.25) is 0 Å². The van der Waals surface area contributed by atoms with Crippen LogP contribution in [0.5, 0.6) is 0 Å². The molecule has 0 aliphatic rings. The van der Waals surface area contributed by atoms with Crippen molar-refractivity contribution in [2.24, 2.45) is 0 Å². The van der Waals surface area contributed by atoms with Gasteiger partial charge in [-0.1, -0.05) is 35.0 Å². The summed E-state index contributed by atoms with van der Waals surface area (Å²) >= 11 is 3.42. The van der Waals surface area contributed by atoms with Crippen molar-refractivity contribution in [3.8, 4) is 11.3 Å². The highest BCUT2D eigenvalue weighted by Crippen LogP contribution is 2.27. The minimum Gasteiger partial charge on any atom is -0.481 e. The summed E-state index contributed by atoms with van der Waals surface area (Å²) in [5, 5.41) is 9.17. The number of aryl methyl sites for hydroxylation is 1. The first-order valence-corrected chi connectivity index (χ1v) is 6.87. The van der Waals surface area contributed by atoms with Crippen molar-refractivity contribution in [1.82, 2.24) is 9.97 Å². The van der Waals surface area contributed by atoms with Crippen molar-refractivity contribution in [2.75, 3.05) is 0 Å². The van der Waals surface area contributed by atoms with Crippen LogP contribution in [0.3, 0.4) is 0 Å². The lowest BCUT2D eigenvalue weighted by atomic mass is 10.1. The molecule has 4 nitrogen and oxygen atoms in total. The summed E-state index contributed by atoms with van der Waals surface area (Å²) in [6, 6.07) is 7.80. The average molecular weight is 323 g/mol. The van der Waals surface area contributed by atoms with E-state index in [0.29, 0.717) is 12.2 Å². The fraction of sp³-hybridized carbons (Fsp3) is 0.286. The van der Waals surface area contributed by atoms with E-state index in [4.69, 9.17) is 0 Å². The maximum Gasteiger partial charge on any atom is 0.314 e. The van der Waals surface area contributed by atoms with Crippen LogP contribution >= 0.6 is 15.9 Å². The molecular formula is C14H15BrN2O2. The molecule has 0 bridgehead atoms. The molecule has 0 aliphatic carbocycles. The first kappa shape index (κ1) is 13.8. The normalized spacial score (nSPS) is 12.4. The van der Waals surface area contributed by atoms with Crippen LogP contribution in [0.25, 0.3) is 11.3 Å². The van der Waals surface area contributed by atoms with Gasteiger partial charge in [-0.2, -0.15) is 0 Å². The molecule has 1 unspecified atom stereocenters. The van der Waals surface area contributed by atoms with Gasteiger partial charge in [0, 0.05) is 15.7 Å². The summed E-state index contributed by atoms with van der Waals surface area (Å²) in [6.45, 7) is 3.75. The number of hydrogen-bond acceptors (Lipinski definition) is 2. The Bertz CT molecular complexity index is 607. The Kier molecular flexibility index (Phi) is 4.04. The van der Waals surface area contributed by atoms with Crippen molar-refractivity contribution in [2.45, 2.75) is 26.2 Å². The smallest absolute Gasteiger partial charge is 0.314 e. The lowest BCUT2D eigenvalue weighted by Gasteiger charge is -2.04. The van der Waals surface area contributed by atoms with Crippen molar-refractivity contribution in [3.05, 3.63) is 40.3 Å². The van der Waals surface area contributed by atoms with Gasteiger partial charge in [0.15, 0.2) is 0 Å². The number of hydrogen-bond donors (Lipinski definition) is 2. The van der Waals surface area contributed by atoms with Crippen LogP contribution in [-0.2, 0) is 4.79 Å². The van der Waals surface area contributed by atoms with E-state index in [1.807, 2.05) is 38.1 Å². The fourth-order valence-electron chi connectivity index (χ4n) is 2.05. The number of rotatable bonds is 4. The molecule has 19 heavy (non-hydrogen) atoms. The number of carboxylic acids is 1. The molecule has 0 saturated carbocycles. The Morgan fingerprint density at radius 3 is 2.84 bits per heavy atom. The van der Waals surface area contributed by atoms with Crippen molar-refractivity contribution >= 4 is 21.9 Å². The second-order valence-electron chi connectivity index (χ2n) is 4.41. The van der Waals surface area contributed by atoms with Gasteiger partial charge in [0.05, 0.1) is 5.69 Å². The third-order valence-electron chi connectivity index (χ3n) is 3.04. The zero-order chi connectivity index (χ0) is 14.0. The van der Waals surface area contributed by atoms with E-state index >= 15 is 0 Å². The van der Waals surface area contributed by atoms with Crippen LogP contribution in [0.15, 0.2) is 28.7 Å². The van der Waals surface area contributed by atoms with E-state index < -0.39 is 11.9 Å². The number of aromatic amines is 1. The fourth-order valence-corrected chi connectivity index (χ4v) is 2.45. The van der Waals surface area contributed by atoms with Crippen LogP contribution in [-0.4, -0.2) is 21.0 Å². The summed E-state index contributed by atoms with van der Waals surface area (Å²) in [5.41, 5.74) is 2.65. The molecule has 1 aromatic heterocycles. The number of aromatic nitrogens is 2. The number of carbonyl (C=O) groups is 1.